The van der Waals surface area contributed by atoms with E-state index in [9.17, 15) is 8.42 Å². The number of H-pyrrole nitrogens is 1. The maximum absolute atomic E-state index is 11.7. The van der Waals surface area contributed by atoms with Crippen LogP contribution in [0.5, 0.6) is 0 Å². The molecule has 1 saturated heterocycles. The molecule has 9 heteroatoms. The van der Waals surface area contributed by atoms with Crippen molar-refractivity contribution in [3.63, 3.8) is 0 Å². The van der Waals surface area contributed by atoms with Crippen LogP contribution in [-0.2, 0) is 15.6 Å². The van der Waals surface area contributed by atoms with E-state index >= 15 is 0 Å². The first-order valence-corrected chi connectivity index (χ1v) is 12.5. The normalized spacial score (nSPS) is 14.8. The number of fused-ring (bicyclic) bond motifs is 1. The van der Waals surface area contributed by atoms with E-state index in [0.717, 1.165) is 65.3 Å². The summed E-state index contributed by atoms with van der Waals surface area (Å²) >= 11 is 0. The number of hydrogen-bond donors (Lipinski definition) is 1. The Kier molecular flexibility index (Phi) is 5.26. The molecule has 0 aliphatic carbocycles. The molecule has 3 heterocycles. The Hall–Kier alpha value is -3.46. The summed E-state index contributed by atoms with van der Waals surface area (Å²) in [6.45, 7) is 3.29. The number of rotatable bonds is 5. The van der Waals surface area contributed by atoms with E-state index < -0.39 is 9.84 Å². The minimum Gasteiger partial charge on any atom is -0.368 e. The molecule has 8 nitrogen and oxygen atoms in total. The van der Waals surface area contributed by atoms with Gasteiger partial charge in [0.1, 0.15) is 12.1 Å². The zero-order valence-electron chi connectivity index (χ0n) is 17.8. The van der Waals surface area contributed by atoms with Gasteiger partial charge in [-0.2, -0.15) is 5.10 Å². The quantitative estimate of drug-likeness (QED) is 0.502. The van der Waals surface area contributed by atoms with Gasteiger partial charge in [-0.3, -0.25) is 5.10 Å². The number of benzene rings is 2. The molecule has 0 atom stereocenters. The predicted octanol–water partition coefficient (Wildman–Crippen LogP) is 2.89. The second-order valence-electron chi connectivity index (χ2n) is 8.13. The molecule has 0 spiro atoms. The maximum Gasteiger partial charge on any atom is 0.151 e. The standard InChI is InChI=1S/C23H24N6O2S/c1-32(30,31)15-17-3-2-4-20(11-17)28-7-9-29(10-8-28)23-21-12-18(19-13-26-27-14-19)5-6-22(21)24-16-25-23/h2-6,11-14,16H,7-10,15H2,1H3,(H,26,27). The van der Waals surface area contributed by atoms with Crippen molar-refractivity contribution < 1.29 is 8.42 Å². The van der Waals surface area contributed by atoms with Gasteiger partial charge in [0.15, 0.2) is 9.84 Å². The molecule has 32 heavy (non-hydrogen) atoms. The molecule has 0 bridgehead atoms. The largest absolute Gasteiger partial charge is 0.368 e. The van der Waals surface area contributed by atoms with E-state index in [0.29, 0.717) is 0 Å². The van der Waals surface area contributed by atoms with Crippen LogP contribution in [0.15, 0.2) is 61.2 Å². The highest BCUT2D eigenvalue weighted by Gasteiger charge is 2.21. The topological polar surface area (TPSA) is 95.1 Å². The lowest BCUT2D eigenvalue weighted by molar-refractivity contribution is 0.601. The summed E-state index contributed by atoms with van der Waals surface area (Å²) in [5.41, 5.74) is 4.89. The van der Waals surface area contributed by atoms with Crippen LogP contribution in [0.2, 0.25) is 0 Å². The van der Waals surface area contributed by atoms with Crippen LogP contribution >= 0.6 is 0 Å². The first-order valence-electron chi connectivity index (χ1n) is 10.5. The first kappa shape index (κ1) is 20.4. The van der Waals surface area contributed by atoms with Crippen molar-refractivity contribution in [2.24, 2.45) is 0 Å². The minimum absolute atomic E-state index is 0.0622. The van der Waals surface area contributed by atoms with Gasteiger partial charge in [0, 0.05) is 55.3 Å². The molecule has 4 aromatic rings. The molecule has 0 saturated carbocycles. The molecule has 2 aromatic carbocycles. The molecule has 0 amide bonds. The van der Waals surface area contributed by atoms with E-state index in [-0.39, 0.29) is 5.75 Å². The number of nitrogens with zero attached hydrogens (tertiary/aromatic N) is 5. The SMILES string of the molecule is CS(=O)(=O)Cc1cccc(N2CCN(c3ncnc4ccc(-c5cn[nH]c5)cc34)CC2)c1. The van der Waals surface area contributed by atoms with Gasteiger partial charge in [0.05, 0.1) is 17.5 Å². The maximum atomic E-state index is 11.7. The highest BCUT2D eigenvalue weighted by Crippen LogP contribution is 2.29. The Morgan fingerprint density at radius 3 is 2.53 bits per heavy atom. The first-order chi connectivity index (χ1) is 15.5. The summed E-state index contributed by atoms with van der Waals surface area (Å²) < 4.78 is 23.3. The lowest BCUT2D eigenvalue weighted by Gasteiger charge is -2.37. The highest BCUT2D eigenvalue weighted by molar-refractivity contribution is 7.89. The Balaban J connectivity index is 1.36. The van der Waals surface area contributed by atoms with Gasteiger partial charge in [-0.15, -0.1) is 0 Å². The number of sulfone groups is 1. The third kappa shape index (κ3) is 4.29. The summed E-state index contributed by atoms with van der Waals surface area (Å²) in [6, 6.07) is 14.0. The van der Waals surface area contributed by atoms with Gasteiger partial charge in [-0.05, 0) is 35.4 Å². The molecule has 164 valence electrons. The molecule has 2 aromatic heterocycles. The average Bonchev–Trinajstić information content (AvgIpc) is 3.33. The van der Waals surface area contributed by atoms with Gasteiger partial charge in [0.25, 0.3) is 0 Å². The molecule has 5 rings (SSSR count). The number of nitrogens with one attached hydrogen (secondary N) is 1. The van der Waals surface area contributed by atoms with E-state index in [4.69, 9.17) is 0 Å². The third-order valence-corrected chi connectivity index (χ3v) is 6.59. The zero-order chi connectivity index (χ0) is 22.1. The fourth-order valence-electron chi connectivity index (χ4n) is 4.21. The van der Waals surface area contributed by atoms with Crippen molar-refractivity contribution in [2.45, 2.75) is 5.75 Å². The third-order valence-electron chi connectivity index (χ3n) is 5.73. The van der Waals surface area contributed by atoms with E-state index in [1.165, 1.54) is 6.26 Å². The Morgan fingerprint density at radius 1 is 0.969 bits per heavy atom. The fourth-order valence-corrected chi connectivity index (χ4v) is 4.99. The van der Waals surface area contributed by atoms with E-state index in [2.05, 4.69) is 36.0 Å². The van der Waals surface area contributed by atoms with Crippen molar-refractivity contribution in [2.75, 3.05) is 42.2 Å². The Bertz CT molecular complexity index is 1350. The molecule has 1 aliphatic heterocycles. The van der Waals surface area contributed by atoms with Crippen LogP contribution in [0.1, 0.15) is 5.56 Å². The number of piperazine rings is 1. The van der Waals surface area contributed by atoms with Gasteiger partial charge < -0.3 is 9.80 Å². The average molecular weight is 449 g/mol. The number of aromatic amines is 1. The number of anilines is 2. The molecule has 1 aliphatic rings. The highest BCUT2D eigenvalue weighted by atomic mass is 32.2. The summed E-state index contributed by atoms with van der Waals surface area (Å²) in [5.74, 6) is 0.998. The van der Waals surface area contributed by atoms with E-state index in [1.807, 2.05) is 42.6 Å². The summed E-state index contributed by atoms with van der Waals surface area (Å²) in [5, 5.41) is 7.93. The monoisotopic (exact) mass is 448 g/mol. The van der Waals surface area contributed by atoms with Crippen molar-refractivity contribution in [1.29, 1.82) is 0 Å². The van der Waals surface area contributed by atoms with Gasteiger partial charge in [0.2, 0.25) is 0 Å². The number of hydrogen-bond acceptors (Lipinski definition) is 7. The second kappa shape index (κ2) is 8.23. The summed E-state index contributed by atoms with van der Waals surface area (Å²) in [7, 11) is -3.06. The molecular formula is C23H24N6O2S. The van der Waals surface area contributed by atoms with Gasteiger partial charge >= 0.3 is 0 Å². The smallest absolute Gasteiger partial charge is 0.151 e. The molecule has 0 unspecified atom stereocenters. The molecule has 0 radical (unpaired) electrons. The number of aromatic nitrogens is 4. The summed E-state index contributed by atoms with van der Waals surface area (Å²) in [6.07, 6.45) is 6.57. The van der Waals surface area contributed by atoms with Crippen LogP contribution in [-0.4, -0.2) is 61.0 Å². The van der Waals surface area contributed by atoms with Crippen molar-refractivity contribution in [1.82, 2.24) is 20.2 Å². The predicted molar refractivity (Wildman–Crippen MR) is 127 cm³/mol. The van der Waals surface area contributed by atoms with Gasteiger partial charge in [-0.1, -0.05) is 18.2 Å². The fraction of sp³-hybridized carbons (Fsp3) is 0.261. The molecule has 1 fully saturated rings. The van der Waals surface area contributed by atoms with Crippen molar-refractivity contribution in [3.05, 3.63) is 66.7 Å². The molecular weight excluding hydrogens is 424 g/mol. The van der Waals surface area contributed by atoms with Crippen molar-refractivity contribution >= 4 is 32.2 Å². The van der Waals surface area contributed by atoms with Crippen LogP contribution in [0.25, 0.3) is 22.0 Å². The zero-order valence-corrected chi connectivity index (χ0v) is 18.6. The summed E-state index contributed by atoms with van der Waals surface area (Å²) in [4.78, 5) is 13.6. The second-order valence-corrected chi connectivity index (χ2v) is 10.3. The van der Waals surface area contributed by atoms with Crippen LogP contribution < -0.4 is 9.80 Å². The Labute approximate surface area is 186 Å². The molecule has 1 N–H and O–H groups in total. The van der Waals surface area contributed by atoms with E-state index in [1.54, 1.807) is 12.5 Å². The van der Waals surface area contributed by atoms with Crippen LogP contribution in [0.4, 0.5) is 11.5 Å². The van der Waals surface area contributed by atoms with Crippen LogP contribution in [0.3, 0.4) is 0 Å². The lowest BCUT2D eigenvalue weighted by Crippen LogP contribution is -2.47. The minimum atomic E-state index is -3.06. The Morgan fingerprint density at radius 2 is 1.78 bits per heavy atom. The van der Waals surface area contributed by atoms with Gasteiger partial charge in [-0.25, -0.2) is 18.4 Å². The van der Waals surface area contributed by atoms with Crippen LogP contribution in [0, 0.1) is 0 Å². The van der Waals surface area contributed by atoms with Crippen molar-refractivity contribution in [3.8, 4) is 11.1 Å². The lowest BCUT2D eigenvalue weighted by atomic mass is 10.1.